The highest BCUT2D eigenvalue weighted by Crippen LogP contribution is 2.41. The largest absolute Gasteiger partial charge is 0.455 e. The maximum absolute atomic E-state index is 14.7. The van der Waals surface area contributed by atoms with Gasteiger partial charge in [0.2, 0.25) is 5.95 Å². The van der Waals surface area contributed by atoms with Gasteiger partial charge in [0.25, 0.3) is 5.91 Å². The first-order chi connectivity index (χ1) is 20.2. The van der Waals surface area contributed by atoms with Crippen molar-refractivity contribution in [1.29, 1.82) is 0 Å². The number of fused-ring (bicyclic) bond motifs is 6. The van der Waals surface area contributed by atoms with Gasteiger partial charge in [-0.25, -0.2) is 18.7 Å². The van der Waals surface area contributed by atoms with Gasteiger partial charge in [0.1, 0.15) is 28.5 Å². The first-order valence-electron chi connectivity index (χ1n) is 12.9. The standard InChI is InChI=1S/C31H22F2N6O2S/c1-35-30(40)27-19-12-18(24(38(2)42)14-26(19)41-29(27)15-6-8-16(32)9-7-15)21-10-11-22-28(36-21)25-13-17-20(33)4-3-5-23(17)39(25)31(34)37-22/h3-14,42H,1-2H3,(H2,34,37)(H,35,40). The molecular weight excluding hydrogens is 558 g/mol. The zero-order valence-corrected chi connectivity index (χ0v) is 23.2. The molecule has 0 bridgehead atoms. The highest BCUT2D eigenvalue weighted by Gasteiger charge is 2.25. The third-order valence-corrected chi connectivity index (χ3v) is 7.58. The Balaban J connectivity index is 1.52. The number of hydrogen-bond donors (Lipinski definition) is 3. The number of nitrogens with zero attached hydrogens (tertiary/aromatic N) is 4. The van der Waals surface area contributed by atoms with Gasteiger partial charge in [-0.2, -0.15) is 0 Å². The van der Waals surface area contributed by atoms with Gasteiger partial charge in [0.05, 0.1) is 33.5 Å². The molecule has 0 aliphatic rings. The molecule has 208 valence electrons. The predicted octanol–water partition coefficient (Wildman–Crippen LogP) is 6.62. The number of nitrogen functional groups attached to an aromatic ring is 1. The number of hydrogen-bond acceptors (Lipinski definition) is 7. The van der Waals surface area contributed by atoms with E-state index < -0.39 is 5.82 Å². The Labute approximate surface area is 242 Å². The highest BCUT2D eigenvalue weighted by atomic mass is 32.1. The van der Waals surface area contributed by atoms with Gasteiger partial charge in [-0.3, -0.25) is 9.20 Å². The summed E-state index contributed by atoms with van der Waals surface area (Å²) in [6.07, 6.45) is 0. The number of pyridine rings is 1. The smallest absolute Gasteiger partial charge is 0.255 e. The summed E-state index contributed by atoms with van der Waals surface area (Å²) in [6, 6.07) is 19.5. The molecule has 11 heteroatoms. The van der Waals surface area contributed by atoms with Gasteiger partial charge >= 0.3 is 0 Å². The summed E-state index contributed by atoms with van der Waals surface area (Å²) < 4.78 is 37.9. The fourth-order valence-electron chi connectivity index (χ4n) is 5.43. The van der Waals surface area contributed by atoms with Crippen molar-refractivity contribution in [3.63, 3.8) is 0 Å². The summed E-state index contributed by atoms with van der Waals surface area (Å²) in [5.41, 5.74) is 11.7. The number of carbonyl (C=O) groups is 1. The van der Waals surface area contributed by atoms with E-state index in [-0.39, 0.29) is 17.7 Å². The fourth-order valence-corrected chi connectivity index (χ4v) is 5.60. The number of anilines is 2. The van der Waals surface area contributed by atoms with Crippen LogP contribution in [0.3, 0.4) is 0 Å². The molecule has 3 aromatic carbocycles. The molecule has 0 aliphatic heterocycles. The minimum absolute atomic E-state index is 0.215. The van der Waals surface area contributed by atoms with E-state index in [9.17, 15) is 13.6 Å². The first kappa shape index (κ1) is 25.8. The molecule has 0 fully saturated rings. The molecular formula is C31H22F2N6O2S. The summed E-state index contributed by atoms with van der Waals surface area (Å²) in [7, 11) is 3.30. The van der Waals surface area contributed by atoms with E-state index in [1.54, 1.807) is 64.3 Å². The summed E-state index contributed by atoms with van der Waals surface area (Å²) in [5.74, 6) is -0.608. The van der Waals surface area contributed by atoms with Crippen LogP contribution < -0.4 is 15.4 Å². The molecule has 4 heterocycles. The first-order valence-corrected chi connectivity index (χ1v) is 13.3. The van der Waals surface area contributed by atoms with Gasteiger partial charge in [-0.1, -0.05) is 18.9 Å². The molecule has 0 atom stereocenters. The van der Waals surface area contributed by atoms with Crippen LogP contribution in [-0.2, 0) is 0 Å². The minimum atomic E-state index is -0.399. The van der Waals surface area contributed by atoms with E-state index in [1.165, 1.54) is 25.2 Å². The van der Waals surface area contributed by atoms with Crippen LogP contribution in [0.25, 0.3) is 61.0 Å². The van der Waals surface area contributed by atoms with E-state index in [0.717, 1.165) is 0 Å². The van der Waals surface area contributed by atoms with Crippen LogP contribution >= 0.6 is 12.8 Å². The molecule has 0 radical (unpaired) electrons. The zero-order valence-electron chi connectivity index (χ0n) is 22.3. The topological polar surface area (TPSA) is 102 Å². The third kappa shape index (κ3) is 3.85. The summed E-state index contributed by atoms with van der Waals surface area (Å²) >= 11 is 4.57. The van der Waals surface area contributed by atoms with Gasteiger partial charge in [-0.05, 0) is 60.7 Å². The fraction of sp³-hybridized carbons (Fsp3) is 0.0645. The lowest BCUT2D eigenvalue weighted by molar-refractivity contribution is 0.0964. The number of furan rings is 1. The second kappa shape index (κ2) is 9.45. The number of carbonyl (C=O) groups excluding carboxylic acids is 1. The summed E-state index contributed by atoms with van der Waals surface area (Å²) in [6.45, 7) is 0. The second-order valence-electron chi connectivity index (χ2n) is 9.85. The lowest BCUT2D eigenvalue weighted by Gasteiger charge is -2.16. The number of rotatable bonds is 4. The highest BCUT2D eigenvalue weighted by molar-refractivity contribution is 7.81. The summed E-state index contributed by atoms with van der Waals surface area (Å²) in [4.78, 5) is 22.6. The average Bonchev–Trinajstić information content (AvgIpc) is 3.57. The van der Waals surface area contributed by atoms with Crippen molar-refractivity contribution in [3.05, 3.63) is 90.0 Å². The quantitative estimate of drug-likeness (QED) is 0.202. The van der Waals surface area contributed by atoms with E-state index in [4.69, 9.17) is 15.1 Å². The maximum Gasteiger partial charge on any atom is 0.255 e. The van der Waals surface area contributed by atoms with Crippen LogP contribution in [0.4, 0.5) is 20.4 Å². The van der Waals surface area contributed by atoms with Crippen molar-refractivity contribution in [2.24, 2.45) is 0 Å². The number of aromatic nitrogens is 3. The van der Waals surface area contributed by atoms with Crippen LogP contribution in [-0.4, -0.2) is 34.4 Å². The number of thiol groups is 1. The number of halogens is 2. The minimum Gasteiger partial charge on any atom is -0.455 e. The molecule has 1 amide bonds. The lowest BCUT2D eigenvalue weighted by Crippen LogP contribution is -2.18. The van der Waals surface area contributed by atoms with Crippen molar-refractivity contribution in [2.45, 2.75) is 0 Å². The van der Waals surface area contributed by atoms with Crippen molar-refractivity contribution >= 4 is 68.8 Å². The van der Waals surface area contributed by atoms with Crippen molar-refractivity contribution in [1.82, 2.24) is 19.7 Å². The maximum atomic E-state index is 14.7. The Kier molecular flexibility index (Phi) is 5.80. The number of nitrogens with two attached hydrogens (primary N) is 1. The SMILES string of the molecule is CNC(=O)c1c(-c2ccc(F)cc2)oc2cc(N(C)S)c(-c3ccc4nc(N)n5c6cccc(F)c6cc5c4n3)cc12. The zero-order chi connectivity index (χ0) is 29.3. The molecule has 0 aliphatic carbocycles. The van der Waals surface area contributed by atoms with Crippen molar-refractivity contribution < 1.29 is 18.0 Å². The number of nitrogens with one attached hydrogen (secondary N) is 1. The van der Waals surface area contributed by atoms with Crippen LogP contribution in [0.1, 0.15) is 10.4 Å². The molecule has 7 aromatic rings. The van der Waals surface area contributed by atoms with Crippen molar-refractivity contribution in [2.75, 3.05) is 24.1 Å². The lowest BCUT2D eigenvalue weighted by atomic mass is 10.0. The average molecular weight is 581 g/mol. The molecule has 42 heavy (non-hydrogen) atoms. The molecule has 7 rings (SSSR count). The third-order valence-electron chi connectivity index (χ3n) is 7.36. The molecule has 3 N–H and O–H groups in total. The summed E-state index contributed by atoms with van der Waals surface area (Å²) in [5, 5.41) is 3.63. The molecule has 4 aromatic heterocycles. The van der Waals surface area contributed by atoms with Gasteiger partial charge < -0.3 is 19.8 Å². The van der Waals surface area contributed by atoms with E-state index >= 15 is 0 Å². The molecule has 0 saturated heterocycles. The van der Waals surface area contributed by atoms with E-state index in [2.05, 4.69) is 23.1 Å². The predicted molar refractivity (Wildman–Crippen MR) is 164 cm³/mol. The van der Waals surface area contributed by atoms with Crippen molar-refractivity contribution in [3.8, 4) is 22.6 Å². The van der Waals surface area contributed by atoms with Gasteiger partial charge in [-0.15, -0.1) is 0 Å². The molecule has 0 unspecified atom stereocenters. The Morgan fingerprint density at radius 1 is 1.00 bits per heavy atom. The Bertz CT molecular complexity index is 2220. The van der Waals surface area contributed by atoms with Gasteiger partial charge in [0.15, 0.2) is 0 Å². The van der Waals surface area contributed by atoms with E-state index in [0.29, 0.717) is 72.3 Å². The molecule has 0 spiro atoms. The molecule has 0 saturated carbocycles. The van der Waals surface area contributed by atoms with Gasteiger partial charge in [0, 0.05) is 42.1 Å². The Morgan fingerprint density at radius 3 is 2.52 bits per heavy atom. The van der Waals surface area contributed by atoms with Crippen LogP contribution in [0.5, 0.6) is 0 Å². The number of amides is 1. The Morgan fingerprint density at radius 2 is 1.79 bits per heavy atom. The monoisotopic (exact) mass is 580 g/mol. The number of benzene rings is 3. The van der Waals surface area contributed by atoms with Crippen LogP contribution in [0.2, 0.25) is 0 Å². The normalized spacial score (nSPS) is 11.6. The Hall–Kier alpha value is -5.16. The molecule has 8 nitrogen and oxygen atoms in total. The van der Waals surface area contributed by atoms with Crippen LogP contribution in [0, 0.1) is 11.6 Å². The van der Waals surface area contributed by atoms with E-state index in [1.807, 2.05) is 6.07 Å². The second-order valence-corrected chi connectivity index (χ2v) is 10.5. The van der Waals surface area contributed by atoms with Crippen LogP contribution in [0.15, 0.2) is 77.2 Å².